The number of nitrogens with zero attached hydrogens (tertiary/aromatic N) is 8. The van der Waals surface area contributed by atoms with E-state index >= 15 is 0 Å². The van der Waals surface area contributed by atoms with Gasteiger partial charge in [0.1, 0.15) is 18.2 Å². The molecule has 0 N–H and O–H groups in total. The van der Waals surface area contributed by atoms with Gasteiger partial charge in [-0.15, -0.1) is 0 Å². The highest BCUT2D eigenvalue weighted by Crippen LogP contribution is 2.40. The fourth-order valence-electron chi connectivity index (χ4n) is 8.34. The third-order valence-corrected chi connectivity index (χ3v) is 11.1. The van der Waals surface area contributed by atoms with Gasteiger partial charge in [-0.25, -0.2) is 9.97 Å². The summed E-state index contributed by atoms with van der Waals surface area (Å²) in [6.07, 6.45) is 10.7. The van der Waals surface area contributed by atoms with Gasteiger partial charge in [-0.2, -0.15) is 9.97 Å². The highest BCUT2D eigenvalue weighted by atomic mass is 35.5. The van der Waals surface area contributed by atoms with Crippen LogP contribution in [0.1, 0.15) is 48.5 Å². The molecule has 0 bridgehead atoms. The predicted octanol–water partition coefficient (Wildman–Crippen LogP) is 5.56. The quantitative estimate of drug-likeness (QED) is 0.211. The van der Waals surface area contributed by atoms with Crippen LogP contribution in [0.5, 0.6) is 6.01 Å². The number of amides is 1. The molecule has 2 aromatic carbocycles. The van der Waals surface area contributed by atoms with Crippen molar-refractivity contribution in [3.63, 3.8) is 0 Å². The van der Waals surface area contributed by atoms with Crippen LogP contribution in [0.25, 0.3) is 16.8 Å². The SMILES string of the molecule is Cc1nccc(/C=C/C(=O)N2CC(CN(C)c3nc(OCC45CCCN4CCC5)nc4c3CCN(c3cccc5cccc(Cl)c35)C4)C2)n1. The number of carbonyl (C=O) groups is 1. The number of ether oxygens (including phenoxy) is 1. The van der Waals surface area contributed by atoms with E-state index in [1.54, 1.807) is 24.4 Å². The average Bonchev–Trinajstić information content (AvgIpc) is 3.68. The Morgan fingerprint density at radius 1 is 1.06 bits per heavy atom. The Kier molecular flexibility index (Phi) is 8.61. The van der Waals surface area contributed by atoms with Gasteiger partial charge in [-0.3, -0.25) is 9.69 Å². The second-order valence-corrected chi connectivity index (χ2v) is 14.5. The smallest absolute Gasteiger partial charge is 0.318 e. The minimum atomic E-state index is 0.00569. The Labute approximate surface area is 292 Å². The van der Waals surface area contributed by atoms with Crippen LogP contribution in [-0.2, 0) is 17.8 Å². The molecule has 4 aliphatic heterocycles. The topological polar surface area (TPSA) is 90.8 Å². The molecule has 0 spiro atoms. The summed E-state index contributed by atoms with van der Waals surface area (Å²) in [5, 5.41) is 2.97. The lowest BCUT2D eigenvalue weighted by molar-refractivity contribution is -0.131. The zero-order valence-corrected chi connectivity index (χ0v) is 29.1. The van der Waals surface area contributed by atoms with Gasteiger partial charge in [0.2, 0.25) is 5.91 Å². The Morgan fingerprint density at radius 2 is 1.86 bits per heavy atom. The number of aryl methyl sites for hydroxylation is 1. The number of aromatic nitrogens is 4. The molecule has 1 amide bonds. The van der Waals surface area contributed by atoms with Gasteiger partial charge in [0, 0.05) is 68.1 Å². The first-order valence-corrected chi connectivity index (χ1v) is 17.9. The first kappa shape index (κ1) is 32.0. The van der Waals surface area contributed by atoms with Gasteiger partial charge in [0.25, 0.3) is 0 Å². The normalized spacial score (nSPS) is 18.9. The second-order valence-electron chi connectivity index (χ2n) is 14.1. The summed E-state index contributed by atoms with van der Waals surface area (Å²) in [7, 11) is 2.11. The van der Waals surface area contributed by atoms with Crippen LogP contribution in [0.4, 0.5) is 11.5 Å². The summed E-state index contributed by atoms with van der Waals surface area (Å²) in [4.78, 5) is 40.6. The summed E-state index contributed by atoms with van der Waals surface area (Å²) in [6, 6.07) is 14.7. The molecule has 4 aromatic rings. The maximum Gasteiger partial charge on any atom is 0.318 e. The number of halogens is 1. The van der Waals surface area contributed by atoms with E-state index in [0.29, 0.717) is 44.0 Å². The molecule has 11 heteroatoms. The second kappa shape index (κ2) is 13.2. The maximum absolute atomic E-state index is 12.9. The number of benzene rings is 2. The molecular weight excluding hydrogens is 636 g/mol. The Hall–Kier alpha value is -4.28. The third kappa shape index (κ3) is 6.32. The van der Waals surface area contributed by atoms with Crippen molar-refractivity contribution in [3.05, 3.63) is 82.5 Å². The van der Waals surface area contributed by atoms with E-state index in [2.05, 4.69) is 56.0 Å². The molecule has 4 aliphatic rings. The lowest BCUT2D eigenvalue weighted by atomic mass is 9.95. The number of anilines is 2. The number of likely N-dealkylation sites (tertiary alicyclic amines) is 1. The molecule has 3 fully saturated rings. The predicted molar refractivity (Wildman–Crippen MR) is 193 cm³/mol. The van der Waals surface area contributed by atoms with Crippen molar-refractivity contribution in [2.75, 3.05) is 62.7 Å². The van der Waals surface area contributed by atoms with Crippen LogP contribution in [0, 0.1) is 12.8 Å². The molecule has 2 aromatic heterocycles. The van der Waals surface area contributed by atoms with Gasteiger partial charge in [-0.05, 0) is 81.8 Å². The molecular formula is C38H43ClN8O2. The van der Waals surface area contributed by atoms with E-state index in [1.807, 2.05) is 24.0 Å². The first-order chi connectivity index (χ1) is 23.8. The Bertz CT molecular complexity index is 1900. The molecule has 0 aliphatic carbocycles. The van der Waals surface area contributed by atoms with E-state index in [1.165, 1.54) is 31.2 Å². The molecule has 8 rings (SSSR count). The summed E-state index contributed by atoms with van der Waals surface area (Å²) >= 11 is 6.75. The van der Waals surface area contributed by atoms with Gasteiger partial charge < -0.3 is 19.4 Å². The fraction of sp³-hybridized carbons (Fsp3) is 0.447. The minimum Gasteiger partial charge on any atom is -0.461 e. The van der Waals surface area contributed by atoms with Crippen molar-refractivity contribution in [1.82, 2.24) is 29.7 Å². The Balaban J connectivity index is 1.01. The Morgan fingerprint density at radius 3 is 2.65 bits per heavy atom. The third-order valence-electron chi connectivity index (χ3n) is 10.8. The lowest BCUT2D eigenvalue weighted by Gasteiger charge is -2.41. The minimum absolute atomic E-state index is 0.00569. The summed E-state index contributed by atoms with van der Waals surface area (Å²) in [5.41, 5.74) is 4.15. The maximum atomic E-state index is 12.9. The van der Waals surface area contributed by atoms with Crippen LogP contribution in [0.2, 0.25) is 5.02 Å². The largest absolute Gasteiger partial charge is 0.461 e. The van der Waals surface area contributed by atoms with Crippen molar-refractivity contribution >= 4 is 45.9 Å². The van der Waals surface area contributed by atoms with E-state index in [0.717, 1.165) is 71.3 Å². The molecule has 6 heterocycles. The molecule has 0 unspecified atom stereocenters. The number of fused-ring (bicyclic) bond motifs is 3. The van der Waals surface area contributed by atoms with E-state index in [4.69, 9.17) is 26.3 Å². The van der Waals surface area contributed by atoms with Crippen molar-refractivity contribution in [2.45, 2.75) is 51.1 Å². The van der Waals surface area contributed by atoms with Crippen LogP contribution in [0.15, 0.2) is 54.7 Å². The summed E-state index contributed by atoms with van der Waals surface area (Å²) < 4.78 is 6.55. The van der Waals surface area contributed by atoms with E-state index in [-0.39, 0.29) is 11.4 Å². The van der Waals surface area contributed by atoms with Gasteiger partial charge in [0.15, 0.2) is 0 Å². The van der Waals surface area contributed by atoms with Crippen molar-refractivity contribution < 1.29 is 9.53 Å². The van der Waals surface area contributed by atoms with Gasteiger partial charge in [-0.1, -0.05) is 35.9 Å². The summed E-state index contributed by atoms with van der Waals surface area (Å²) in [6.45, 7) is 8.48. The van der Waals surface area contributed by atoms with E-state index < -0.39 is 0 Å². The van der Waals surface area contributed by atoms with E-state index in [9.17, 15) is 4.79 Å². The van der Waals surface area contributed by atoms with Crippen molar-refractivity contribution in [2.24, 2.45) is 5.92 Å². The van der Waals surface area contributed by atoms with Crippen LogP contribution in [0.3, 0.4) is 0 Å². The lowest BCUT2D eigenvalue weighted by Crippen LogP contribution is -2.53. The average molecular weight is 679 g/mol. The zero-order valence-electron chi connectivity index (χ0n) is 28.3. The molecule has 0 atom stereocenters. The molecule has 0 saturated carbocycles. The summed E-state index contributed by atoms with van der Waals surface area (Å²) in [5.74, 6) is 1.98. The first-order valence-electron chi connectivity index (χ1n) is 17.5. The molecule has 10 nitrogen and oxygen atoms in total. The number of hydrogen-bond donors (Lipinski definition) is 0. The van der Waals surface area contributed by atoms with Gasteiger partial charge >= 0.3 is 6.01 Å². The monoisotopic (exact) mass is 678 g/mol. The van der Waals surface area contributed by atoms with Crippen LogP contribution >= 0.6 is 11.6 Å². The molecule has 3 saturated heterocycles. The zero-order chi connectivity index (χ0) is 33.5. The molecule has 254 valence electrons. The fourth-order valence-corrected chi connectivity index (χ4v) is 8.62. The highest BCUT2D eigenvalue weighted by molar-refractivity contribution is 6.36. The number of hydrogen-bond acceptors (Lipinski definition) is 9. The van der Waals surface area contributed by atoms with Crippen LogP contribution < -0.4 is 14.5 Å². The molecule has 49 heavy (non-hydrogen) atoms. The van der Waals surface area contributed by atoms with Crippen molar-refractivity contribution in [1.29, 1.82) is 0 Å². The number of rotatable bonds is 9. The van der Waals surface area contributed by atoms with Gasteiger partial charge in [0.05, 0.1) is 28.5 Å². The highest BCUT2D eigenvalue weighted by Gasteiger charge is 2.45. The van der Waals surface area contributed by atoms with Crippen LogP contribution in [-0.4, -0.2) is 94.1 Å². The molecule has 0 radical (unpaired) electrons. The number of carbonyl (C=O) groups excluding carboxylic acids is 1. The standard InChI is InChI=1S/C38H43ClN8O2/c1-26-40-17-13-29(41-26)11-12-34(48)46-22-27(23-46)21-44(2)36-30-14-20-45(33-10-4-8-28-7-3-9-31(39)35(28)33)24-32(30)42-37(43-36)49-25-38-15-5-18-47(38)19-6-16-38/h3-4,7-13,17,27H,5-6,14-16,18-25H2,1-2H3/b12-11+. The van der Waals surface area contributed by atoms with Crippen molar-refractivity contribution in [3.8, 4) is 6.01 Å².